The Kier molecular flexibility index (Phi) is 3.52. The molecule has 0 radical (unpaired) electrons. The van der Waals surface area contributed by atoms with E-state index >= 15 is 0 Å². The molecule has 2 nitrogen and oxygen atoms in total. The Labute approximate surface area is 92.4 Å². The Morgan fingerprint density at radius 3 is 2.80 bits per heavy atom. The molecule has 5 heteroatoms. The summed E-state index contributed by atoms with van der Waals surface area (Å²) in [6.45, 7) is 0. The van der Waals surface area contributed by atoms with E-state index in [-0.39, 0.29) is 17.8 Å². The Morgan fingerprint density at radius 1 is 1.40 bits per heavy atom. The van der Waals surface area contributed by atoms with Gasteiger partial charge in [0.15, 0.2) is 0 Å². The second-order valence-electron chi connectivity index (χ2n) is 4.24. The van der Waals surface area contributed by atoms with Gasteiger partial charge in [0.05, 0.1) is 12.2 Å². The highest BCUT2D eigenvalue weighted by atomic mass is 32.2. The number of ether oxygens (including phenoxy) is 1. The molecular weight excluding hydrogens is 222 g/mol. The van der Waals surface area contributed by atoms with E-state index < -0.39 is 24.4 Å². The van der Waals surface area contributed by atoms with E-state index in [1.54, 1.807) is 0 Å². The third-order valence-corrected chi connectivity index (χ3v) is 4.85. The molecule has 0 aromatic carbocycles. The van der Waals surface area contributed by atoms with Crippen molar-refractivity contribution in [3.05, 3.63) is 0 Å². The Morgan fingerprint density at radius 2 is 2.13 bits per heavy atom. The van der Waals surface area contributed by atoms with E-state index in [9.17, 15) is 13.9 Å². The van der Waals surface area contributed by atoms with Gasteiger partial charge in [-0.1, -0.05) is 0 Å². The van der Waals surface area contributed by atoms with Crippen LogP contribution in [0, 0.1) is 5.92 Å². The Balaban J connectivity index is 2.17. The fourth-order valence-electron chi connectivity index (χ4n) is 2.59. The van der Waals surface area contributed by atoms with Gasteiger partial charge >= 0.3 is 0 Å². The van der Waals surface area contributed by atoms with Crippen LogP contribution < -0.4 is 0 Å². The first-order valence-corrected chi connectivity index (χ1v) is 6.30. The highest BCUT2D eigenvalue weighted by Gasteiger charge is 2.50. The molecular formula is C10H16F2O2S. The molecule has 1 N–H and O–H groups in total. The maximum Gasteiger partial charge on any atom is 0.132 e. The molecule has 1 heterocycles. The monoisotopic (exact) mass is 238 g/mol. The predicted molar refractivity (Wildman–Crippen MR) is 55.6 cm³/mol. The highest BCUT2D eigenvalue weighted by molar-refractivity contribution is 8.00. The number of methoxy groups -OCH3 is 1. The molecule has 2 rings (SSSR count). The SMILES string of the molecule is COC1CCSC2C(F)CC(O)C(F)C12. The van der Waals surface area contributed by atoms with Crippen molar-refractivity contribution in [2.24, 2.45) is 5.92 Å². The second kappa shape index (κ2) is 4.55. The summed E-state index contributed by atoms with van der Waals surface area (Å²) in [5.41, 5.74) is 0. The van der Waals surface area contributed by atoms with E-state index in [0.29, 0.717) is 0 Å². The molecule has 0 bridgehead atoms. The van der Waals surface area contributed by atoms with E-state index in [1.165, 1.54) is 18.9 Å². The van der Waals surface area contributed by atoms with Crippen LogP contribution in [0.3, 0.4) is 0 Å². The molecule has 1 aliphatic heterocycles. The number of fused-ring (bicyclic) bond motifs is 1. The summed E-state index contributed by atoms with van der Waals surface area (Å²) in [7, 11) is 1.53. The topological polar surface area (TPSA) is 29.5 Å². The van der Waals surface area contributed by atoms with Gasteiger partial charge in [0.25, 0.3) is 0 Å². The minimum atomic E-state index is -1.35. The first-order chi connectivity index (χ1) is 7.15. The van der Waals surface area contributed by atoms with Crippen molar-refractivity contribution in [3.8, 4) is 0 Å². The van der Waals surface area contributed by atoms with Crippen LogP contribution in [-0.4, -0.2) is 47.8 Å². The zero-order valence-corrected chi connectivity index (χ0v) is 9.42. The first kappa shape index (κ1) is 11.6. The van der Waals surface area contributed by atoms with Gasteiger partial charge in [0.2, 0.25) is 0 Å². The molecule has 1 aliphatic carbocycles. The minimum Gasteiger partial charge on any atom is -0.390 e. The summed E-state index contributed by atoms with van der Waals surface area (Å²) in [6.07, 6.45) is -3.22. The molecule has 6 atom stereocenters. The summed E-state index contributed by atoms with van der Waals surface area (Å²) in [5, 5.41) is 9.08. The lowest BCUT2D eigenvalue weighted by molar-refractivity contribution is -0.0753. The van der Waals surface area contributed by atoms with Gasteiger partial charge in [-0.2, -0.15) is 11.8 Å². The van der Waals surface area contributed by atoms with Crippen LogP contribution in [0.25, 0.3) is 0 Å². The molecule has 0 aromatic rings. The third-order valence-electron chi connectivity index (χ3n) is 3.38. The molecule has 2 fully saturated rings. The minimum absolute atomic E-state index is 0.0776. The quantitative estimate of drug-likeness (QED) is 0.752. The number of halogens is 2. The summed E-state index contributed by atoms with van der Waals surface area (Å²) >= 11 is 1.47. The number of thioether (sulfide) groups is 1. The lowest BCUT2D eigenvalue weighted by Crippen LogP contribution is -2.54. The molecule has 1 saturated carbocycles. The summed E-state index contributed by atoms with van der Waals surface area (Å²) in [6, 6.07) is 0. The number of aliphatic hydroxyl groups excluding tert-OH is 1. The van der Waals surface area contributed by atoms with Crippen molar-refractivity contribution in [2.45, 2.75) is 42.6 Å². The largest absolute Gasteiger partial charge is 0.390 e. The molecule has 0 amide bonds. The Bertz CT molecular complexity index is 227. The van der Waals surface area contributed by atoms with Crippen LogP contribution in [0.15, 0.2) is 0 Å². The fourth-order valence-corrected chi connectivity index (χ4v) is 4.10. The van der Waals surface area contributed by atoms with Crippen LogP contribution in [0.2, 0.25) is 0 Å². The second-order valence-corrected chi connectivity index (χ2v) is 5.52. The van der Waals surface area contributed by atoms with Crippen molar-refractivity contribution >= 4 is 11.8 Å². The molecule has 15 heavy (non-hydrogen) atoms. The van der Waals surface area contributed by atoms with Crippen molar-refractivity contribution in [1.82, 2.24) is 0 Å². The number of rotatable bonds is 1. The van der Waals surface area contributed by atoms with Crippen LogP contribution in [0.5, 0.6) is 0 Å². The van der Waals surface area contributed by atoms with Gasteiger partial charge in [-0.3, -0.25) is 0 Å². The molecule has 0 aromatic heterocycles. The molecule has 2 aliphatic rings. The number of aliphatic hydroxyl groups is 1. The third kappa shape index (κ3) is 2.01. The lowest BCUT2D eigenvalue weighted by Gasteiger charge is -2.45. The maximum absolute atomic E-state index is 13.8. The van der Waals surface area contributed by atoms with Gasteiger partial charge in [-0.15, -0.1) is 0 Å². The number of hydrogen-bond donors (Lipinski definition) is 1. The lowest BCUT2D eigenvalue weighted by atomic mass is 9.79. The molecule has 0 spiro atoms. The normalized spacial score (nSPS) is 51.2. The van der Waals surface area contributed by atoms with Crippen molar-refractivity contribution in [1.29, 1.82) is 0 Å². The average molecular weight is 238 g/mol. The smallest absolute Gasteiger partial charge is 0.132 e. The molecule has 6 unspecified atom stereocenters. The maximum atomic E-state index is 13.8. The van der Waals surface area contributed by atoms with E-state index in [0.717, 1.165) is 12.2 Å². The van der Waals surface area contributed by atoms with Gasteiger partial charge < -0.3 is 9.84 Å². The van der Waals surface area contributed by atoms with Crippen molar-refractivity contribution in [3.63, 3.8) is 0 Å². The summed E-state index contributed by atoms with van der Waals surface area (Å²) < 4.78 is 32.7. The van der Waals surface area contributed by atoms with Crippen LogP contribution in [0.1, 0.15) is 12.8 Å². The molecule has 88 valence electrons. The predicted octanol–water partition coefficient (Wildman–Crippen LogP) is 1.56. The Hall–Kier alpha value is 0.130. The standard InChI is InChI=1S/C10H16F2O2S/c1-14-7-2-3-15-10-5(11)4-6(13)9(12)8(7)10/h5-10,13H,2-4H2,1H3. The zero-order valence-electron chi connectivity index (χ0n) is 8.61. The summed E-state index contributed by atoms with van der Waals surface area (Å²) in [4.78, 5) is 0. The number of hydrogen-bond acceptors (Lipinski definition) is 3. The van der Waals surface area contributed by atoms with E-state index in [4.69, 9.17) is 4.74 Å². The average Bonchev–Trinajstić information content (AvgIpc) is 2.25. The number of alkyl halides is 2. The van der Waals surface area contributed by atoms with Crippen LogP contribution >= 0.6 is 11.8 Å². The van der Waals surface area contributed by atoms with Crippen LogP contribution in [-0.2, 0) is 4.74 Å². The fraction of sp³-hybridized carbons (Fsp3) is 1.00. The van der Waals surface area contributed by atoms with Crippen molar-refractivity contribution < 1.29 is 18.6 Å². The van der Waals surface area contributed by atoms with Crippen molar-refractivity contribution in [2.75, 3.05) is 12.9 Å². The van der Waals surface area contributed by atoms with Gasteiger partial charge in [-0.25, -0.2) is 8.78 Å². The van der Waals surface area contributed by atoms with Gasteiger partial charge in [0, 0.05) is 24.7 Å². The van der Waals surface area contributed by atoms with Crippen LogP contribution in [0.4, 0.5) is 8.78 Å². The molecule has 1 saturated heterocycles. The zero-order chi connectivity index (χ0) is 11.0. The highest BCUT2D eigenvalue weighted by Crippen LogP contribution is 2.44. The van der Waals surface area contributed by atoms with Gasteiger partial charge in [0.1, 0.15) is 12.3 Å². The van der Waals surface area contributed by atoms with E-state index in [2.05, 4.69) is 0 Å². The first-order valence-electron chi connectivity index (χ1n) is 5.25. The van der Waals surface area contributed by atoms with E-state index in [1.807, 2.05) is 0 Å². The van der Waals surface area contributed by atoms with Gasteiger partial charge in [-0.05, 0) is 12.2 Å². The summed E-state index contributed by atoms with van der Waals surface area (Å²) in [5.74, 6) is 0.315.